The molecule has 0 aliphatic carbocycles. The van der Waals surface area contributed by atoms with Gasteiger partial charge in [-0.1, -0.05) is 36.4 Å². The van der Waals surface area contributed by atoms with Gasteiger partial charge in [-0.15, -0.1) is 0 Å². The molecule has 0 fully saturated rings. The van der Waals surface area contributed by atoms with Crippen molar-refractivity contribution in [1.29, 1.82) is 0 Å². The minimum atomic E-state index is 1.01. The van der Waals surface area contributed by atoms with Crippen LogP contribution in [-0.4, -0.2) is 9.97 Å². The van der Waals surface area contributed by atoms with Gasteiger partial charge in [0, 0.05) is 27.9 Å². The van der Waals surface area contributed by atoms with Gasteiger partial charge in [0.05, 0.1) is 11.4 Å². The Hall–Kier alpha value is -2.48. The Kier molecular flexibility index (Phi) is 1.86. The molecule has 2 heterocycles. The molecule has 2 aromatic heterocycles. The van der Waals surface area contributed by atoms with Gasteiger partial charge in [-0.05, 0) is 18.2 Å². The molecule has 4 aromatic rings. The largest absolute Gasteiger partial charge is 0.353 e. The lowest BCUT2D eigenvalue weighted by atomic mass is 10.2. The first kappa shape index (κ1) is 9.54. The summed E-state index contributed by atoms with van der Waals surface area (Å²) in [5.41, 5.74) is 4.35. The topological polar surface area (TPSA) is 31.6 Å². The Morgan fingerprint density at radius 3 is 2.39 bits per heavy atom. The van der Waals surface area contributed by atoms with Crippen molar-refractivity contribution in [3.63, 3.8) is 0 Å². The van der Waals surface area contributed by atoms with Crippen molar-refractivity contribution in [1.82, 2.24) is 9.97 Å². The predicted molar refractivity (Wildman–Crippen MR) is 74.4 cm³/mol. The van der Waals surface area contributed by atoms with Crippen LogP contribution >= 0.6 is 0 Å². The van der Waals surface area contributed by atoms with Crippen LogP contribution in [0.3, 0.4) is 0 Å². The van der Waals surface area contributed by atoms with E-state index in [0.717, 1.165) is 27.8 Å². The molecular weight excluding hydrogens is 220 g/mol. The minimum Gasteiger partial charge on any atom is -0.353 e. The fourth-order valence-corrected chi connectivity index (χ4v) is 2.34. The van der Waals surface area contributed by atoms with Crippen molar-refractivity contribution in [2.24, 2.45) is 0 Å². The van der Waals surface area contributed by atoms with Crippen molar-refractivity contribution >= 4 is 21.8 Å². The average Bonchev–Trinajstić information content (AvgIpc) is 3.02. The van der Waals surface area contributed by atoms with Crippen LogP contribution in [0, 0.1) is 6.07 Å². The number of para-hydroxylation sites is 2. The molecule has 0 atom stereocenters. The highest BCUT2D eigenvalue weighted by Gasteiger charge is 2.06. The molecule has 0 amide bonds. The van der Waals surface area contributed by atoms with E-state index in [2.05, 4.69) is 52.4 Å². The number of H-pyrrole nitrogens is 2. The first-order valence-corrected chi connectivity index (χ1v) is 5.98. The van der Waals surface area contributed by atoms with E-state index in [9.17, 15) is 0 Å². The van der Waals surface area contributed by atoms with Gasteiger partial charge in [-0.3, -0.25) is 0 Å². The van der Waals surface area contributed by atoms with E-state index in [4.69, 9.17) is 0 Å². The smallest absolute Gasteiger partial charge is 0.0711 e. The standard InChI is InChI=1S/C16H11N2/c1-3-7-13-11(5-1)9-15(17-13)16-10-12-6-2-4-8-14(12)18-16/h1-9,17-18H. The second-order valence-electron chi connectivity index (χ2n) is 4.44. The molecule has 0 saturated carbocycles. The lowest BCUT2D eigenvalue weighted by Crippen LogP contribution is -1.75. The highest BCUT2D eigenvalue weighted by atomic mass is 14.8. The average molecular weight is 231 g/mol. The summed E-state index contributed by atoms with van der Waals surface area (Å²) in [4.78, 5) is 6.80. The van der Waals surface area contributed by atoms with Gasteiger partial charge < -0.3 is 9.97 Å². The van der Waals surface area contributed by atoms with Gasteiger partial charge in [0.2, 0.25) is 0 Å². The highest BCUT2D eigenvalue weighted by Crippen LogP contribution is 2.25. The summed E-state index contributed by atoms with van der Waals surface area (Å²) in [7, 11) is 0. The summed E-state index contributed by atoms with van der Waals surface area (Å²) < 4.78 is 0. The third-order valence-electron chi connectivity index (χ3n) is 3.25. The summed E-state index contributed by atoms with van der Waals surface area (Å²) in [5.74, 6) is 0. The molecule has 0 aliphatic rings. The molecule has 2 aromatic carbocycles. The summed E-state index contributed by atoms with van der Waals surface area (Å²) in [6.07, 6.45) is 0. The van der Waals surface area contributed by atoms with Gasteiger partial charge in [-0.2, -0.15) is 0 Å². The number of hydrogen-bond acceptors (Lipinski definition) is 0. The third kappa shape index (κ3) is 1.36. The fourth-order valence-electron chi connectivity index (χ4n) is 2.34. The molecule has 2 heteroatoms. The lowest BCUT2D eigenvalue weighted by Gasteiger charge is -1.90. The van der Waals surface area contributed by atoms with Crippen LogP contribution in [0.2, 0.25) is 0 Å². The number of benzene rings is 2. The van der Waals surface area contributed by atoms with Crippen LogP contribution in [0.5, 0.6) is 0 Å². The number of hydrogen-bond donors (Lipinski definition) is 2. The Labute approximate surface area is 104 Å². The molecule has 0 saturated heterocycles. The van der Waals surface area contributed by atoms with Crippen molar-refractivity contribution < 1.29 is 0 Å². The number of rotatable bonds is 1. The second-order valence-corrected chi connectivity index (χ2v) is 4.44. The maximum Gasteiger partial charge on any atom is 0.0711 e. The maximum atomic E-state index is 3.41. The lowest BCUT2D eigenvalue weighted by molar-refractivity contribution is 1.38. The van der Waals surface area contributed by atoms with Crippen molar-refractivity contribution in [3.8, 4) is 11.4 Å². The molecule has 0 aliphatic heterocycles. The molecular formula is C16H11N2. The van der Waals surface area contributed by atoms with Crippen LogP contribution in [0.25, 0.3) is 33.2 Å². The molecule has 85 valence electrons. The SMILES string of the molecule is [c]1c(-c2cc3ccccc3[nH]2)[nH]c2ccccc12. The first-order chi connectivity index (χ1) is 8.90. The predicted octanol–water partition coefficient (Wildman–Crippen LogP) is 4.12. The molecule has 4 rings (SSSR count). The van der Waals surface area contributed by atoms with Crippen molar-refractivity contribution in [3.05, 3.63) is 60.7 Å². The fraction of sp³-hybridized carbons (Fsp3) is 0. The van der Waals surface area contributed by atoms with E-state index in [1.165, 1.54) is 5.39 Å². The van der Waals surface area contributed by atoms with Gasteiger partial charge in [-0.25, -0.2) is 0 Å². The van der Waals surface area contributed by atoms with Crippen molar-refractivity contribution in [2.75, 3.05) is 0 Å². The monoisotopic (exact) mass is 231 g/mol. The quantitative estimate of drug-likeness (QED) is 0.494. The van der Waals surface area contributed by atoms with E-state index in [0.29, 0.717) is 0 Å². The summed E-state index contributed by atoms with van der Waals surface area (Å²) >= 11 is 0. The molecule has 18 heavy (non-hydrogen) atoms. The molecule has 0 unspecified atom stereocenters. The van der Waals surface area contributed by atoms with Gasteiger partial charge in [0.25, 0.3) is 0 Å². The molecule has 1 radical (unpaired) electrons. The molecule has 2 N–H and O–H groups in total. The van der Waals surface area contributed by atoms with E-state index in [1.54, 1.807) is 0 Å². The molecule has 2 nitrogen and oxygen atoms in total. The normalized spacial score (nSPS) is 11.3. The summed E-state index contributed by atoms with van der Waals surface area (Å²) in [6.45, 7) is 0. The first-order valence-electron chi connectivity index (χ1n) is 5.98. The summed E-state index contributed by atoms with van der Waals surface area (Å²) in [6, 6.07) is 22.0. The number of fused-ring (bicyclic) bond motifs is 2. The number of aromatic amines is 2. The van der Waals surface area contributed by atoms with Gasteiger partial charge >= 0.3 is 0 Å². The van der Waals surface area contributed by atoms with Crippen molar-refractivity contribution in [2.45, 2.75) is 0 Å². The molecule has 0 spiro atoms. The van der Waals surface area contributed by atoms with Crippen LogP contribution in [0.1, 0.15) is 0 Å². The Balaban J connectivity index is 1.95. The minimum absolute atomic E-state index is 1.01. The zero-order chi connectivity index (χ0) is 11.9. The number of nitrogens with one attached hydrogen (secondary N) is 2. The zero-order valence-electron chi connectivity index (χ0n) is 9.70. The van der Waals surface area contributed by atoms with Gasteiger partial charge in [0.15, 0.2) is 0 Å². The van der Waals surface area contributed by atoms with Crippen LogP contribution in [0.4, 0.5) is 0 Å². The number of aromatic nitrogens is 2. The Bertz CT molecular complexity index is 698. The van der Waals surface area contributed by atoms with E-state index in [1.807, 2.05) is 18.2 Å². The third-order valence-corrected chi connectivity index (χ3v) is 3.25. The maximum absolute atomic E-state index is 3.41. The molecule has 0 bridgehead atoms. The van der Waals surface area contributed by atoms with E-state index < -0.39 is 0 Å². The zero-order valence-corrected chi connectivity index (χ0v) is 9.70. The highest BCUT2D eigenvalue weighted by molar-refractivity contribution is 5.89. The van der Waals surface area contributed by atoms with Crippen LogP contribution < -0.4 is 0 Å². The summed E-state index contributed by atoms with van der Waals surface area (Å²) in [5, 5.41) is 2.34. The van der Waals surface area contributed by atoms with E-state index in [-0.39, 0.29) is 0 Å². The van der Waals surface area contributed by atoms with Crippen LogP contribution in [-0.2, 0) is 0 Å². The van der Waals surface area contributed by atoms with Gasteiger partial charge in [0.1, 0.15) is 0 Å². The van der Waals surface area contributed by atoms with E-state index >= 15 is 0 Å². The Morgan fingerprint density at radius 2 is 1.56 bits per heavy atom. The Morgan fingerprint density at radius 1 is 0.778 bits per heavy atom. The van der Waals surface area contributed by atoms with Crippen LogP contribution in [0.15, 0.2) is 54.6 Å². The second kappa shape index (κ2) is 3.50.